The van der Waals surface area contributed by atoms with Gasteiger partial charge in [0.15, 0.2) is 11.7 Å². The molecule has 1 unspecified atom stereocenters. The lowest BCUT2D eigenvalue weighted by molar-refractivity contribution is 0.371. The van der Waals surface area contributed by atoms with Gasteiger partial charge in [0.2, 0.25) is 0 Å². The molecule has 0 saturated heterocycles. The molecule has 0 radical (unpaired) electrons. The van der Waals surface area contributed by atoms with Crippen LogP contribution in [0.2, 0.25) is 5.02 Å². The Labute approximate surface area is 165 Å². The summed E-state index contributed by atoms with van der Waals surface area (Å²) in [6.45, 7) is 6.73. The molecule has 1 aromatic heterocycles. The van der Waals surface area contributed by atoms with Crippen molar-refractivity contribution in [1.29, 1.82) is 0 Å². The van der Waals surface area contributed by atoms with Crippen molar-refractivity contribution < 1.29 is 4.52 Å². The number of benzene rings is 1. The zero-order valence-corrected chi connectivity index (χ0v) is 17.4. The molecule has 24 heavy (non-hydrogen) atoms. The van der Waals surface area contributed by atoms with E-state index in [1.54, 1.807) is 7.05 Å². The minimum atomic E-state index is 0. The zero-order valence-electron chi connectivity index (χ0n) is 14.3. The van der Waals surface area contributed by atoms with Crippen molar-refractivity contribution in [2.75, 3.05) is 7.05 Å². The minimum Gasteiger partial charge on any atom is -0.359 e. The lowest BCUT2D eigenvalue weighted by atomic mass is 10.1. The molecule has 132 valence electrons. The van der Waals surface area contributed by atoms with Crippen molar-refractivity contribution in [3.05, 3.63) is 52.4 Å². The largest absolute Gasteiger partial charge is 0.359 e. The van der Waals surface area contributed by atoms with E-state index in [1.807, 2.05) is 37.3 Å². The van der Waals surface area contributed by atoms with Crippen molar-refractivity contribution in [3.63, 3.8) is 0 Å². The van der Waals surface area contributed by atoms with Crippen LogP contribution in [0.15, 0.2) is 39.8 Å². The lowest BCUT2D eigenvalue weighted by Gasteiger charge is -2.18. The number of hydrogen-bond donors (Lipinski definition) is 2. The third-order valence-electron chi connectivity index (χ3n) is 3.55. The molecule has 0 aliphatic carbocycles. The molecule has 5 nitrogen and oxygen atoms in total. The van der Waals surface area contributed by atoms with E-state index in [1.165, 1.54) is 0 Å². The minimum absolute atomic E-state index is 0. The van der Waals surface area contributed by atoms with Crippen LogP contribution in [0.4, 0.5) is 0 Å². The SMILES string of the molecule is CN=C(NCc1cc(C(C)C)no1)NC(C)c1ccccc1Cl.I. The summed E-state index contributed by atoms with van der Waals surface area (Å²) in [7, 11) is 1.73. The van der Waals surface area contributed by atoms with Gasteiger partial charge >= 0.3 is 0 Å². The average Bonchev–Trinajstić information content (AvgIpc) is 3.00. The highest BCUT2D eigenvalue weighted by Crippen LogP contribution is 2.22. The molecule has 1 aromatic carbocycles. The number of guanidine groups is 1. The van der Waals surface area contributed by atoms with Crippen molar-refractivity contribution in [1.82, 2.24) is 15.8 Å². The molecule has 0 spiro atoms. The third kappa shape index (κ3) is 5.66. The van der Waals surface area contributed by atoms with Gasteiger partial charge in [0.25, 0.3) is 0 Å². The molecule has 0 fully saturated rings. The van der Waals surface area contributed by atoms with Crippen LogP contribution >= 0.6 is 35.6 Å². The molecule has 0 saturated carbocycles. The van der Waals surface area contributed by atoms with Crippen LogP contribution in [-0.2, 0) is 6.54 Å². The van der Waals surface area contributed by atoms with E-state index in [-0.39, 0.29) is 30.0 Å². The van der Waals surface area contributed by atoms with Gasteiger partial charge in [0.1, 0.15) is 0 Å². The van der Waals surface area contributed by atoms with E-state index in [9.17, 15) is 0 Å². The van der Waals surface area contributed by atoms with Crippen molar-refractivity contribution in [2.24, 2.45) is 4.99 Å². The number of hydrogen-bond acceptors (Lipinski definition) is 3. The Hall–Kier alpha value is -1.28. The van der Waals surface area contributed by atoms with Gasteiger partial charge in [-0.25, -0.2) is 0 Å². The summed E-state index contributed by atoms with van der Waals surface area (Å²) in [6.07, 6.45) is 0. The topological polar surface area (TPSA) is 62.5 Å². The molecule has 0 amide bonds. The van der Waals surface area contributed by atoms with Crippen LogP contribution in [0, 0.1) is 0 Å². The van der Waals surface area contributed by atoms with Crippen LogP contribution in [0.1, 0.15) is 49.7 Å². The second kappa shape index (κ2) is 9.88. The van der Waals surface area contributed by atoms with E-state index < -0.39 is 0 Å². The Morgan fingerprint density at radius 3 is 2.58 bits per heavy atom. The molecule has 2 rings (SSSR count). The maximum atomic E-state index is 6.23. The summed E-state index contributed by atoms with van der Waals surface area (Å²) in [4.78, 5) is 4.23. The van der Waals surface area contributed by atoms with E-state index in [0.29, 0.717) is 18.4 Å². The summed E-state index contributed by atoms with van der Waals surface area (Å²) in [5, 5.41) is 11.3. The normalized spacial score (nSPS) is 12.7. The van der Waals surface area contributed by atoms with Gasteiger partial charge in [-0.05, 0) is 24.5 Å². The summed E-state index contributed by atoms with van der Waals surface area (Å²) in [6, 6.07) is 9.77. The molecule has 1 heterocycles. The van der Waals surface area contributed by atoms with Crippen molar-refractivity contribution >= 4 is 41.5 Å². The highest BCUT2D eigenvalue weighted by atomic mass is 127. The summed E-state index contributed by atoms with van der Waals surface area (Å²) in [5.74, 6) is 1.81. The highest BCUT2D eigenvalue weighted by Gasteiger charge is 2.12. The number of nitrogens with one attached hydrogen (secondary N) is 2. The summed E-state index contributed by atoms with van der Waals surface area (Å²) < 4.78 is 5.31. The van der Waals surface area contributed by atoms with Gasteiger partial charge in [-0.1, -0.05) is 48.8 Å². The molecule has 2 N–H and O–H groups in total. The Bertz CT molecular complexity index is 672. The third-order valence-corrected chi connectivity index (χ3v) is 3.89. The Balaban J connectivity index is 0.00000288. The van der Waals surface area contributed by atoms with Crippen LogP contribution in [0.25, 0.3) is 0 Å². The molecule has 2 aromatic rings. The number of aliphatic imine (C=N–C) groups is 1. The van der Waals surface area contributed by atoms with E-state index in [4.69, 9.17) is 16.1 Å². The average molecular weight is 463 g/mol. The van der Waals surface area contributed by atoms with Crippen LogP contribution in [0.5, 0.6) is 0 Å². The maximum absolute atomic E-state index is 6.23. The fourth-order valence-electron chi connectivity index (χ4n) is 2.16. The van der Waals surface area contributed by atoms with Crippen LogP contribution < -0.4 is 10.6 Å². The Kier molecular flexibility index (Phi) is 8.55. The fourth-order valence-corrected chi connectivity index (χ4v) is 2.46. The maximum Gasteiger partial charge on any atom is 0.191 e. The van der Waals surface area contributed by atoms with Gasteiger partial charge < -0.3 is 15.2 Å². The number of rotatable bonds is 5. The molecule has 0 aliphatic heterocycles. The van der Waals surface area contributed by atoms with Crippen LogP contribution in [-0.4, -0.2) is 18.2 Å². The number of halogens is 2. The zero-order chi connectivity index (χ0) is 16.8. The summed E-state index contributed by atoms with van der Waals surface area (Å²) >= 11 is 6.23. The Morgan fingerprint density at radius 1 is 1.29 bits per heavy atom. The smallest absolute Gasteiger partial charge is 0.191 e. The fraction of sp³-hybridized carbons (Fsp3) is 0.412. The highest BCUT2D eigenvalue weighted by molar-refractivity contribution is 14.0. The molecular weight excluding hydrogens is 439 g/mol. The summed E-state index contributed by atoms with van der Waals surface area (Å²) in [5.41, 5.74) is 1.98. The predicted molar refractivity (Wildman–Crippen MR) is 109 cm³/mol. The first-order valence-corrected chi connectivity index (χ1v) is 8.06. The van der Waals surface area contributed by atoms with E-state index in [2.05, 4.69) is 34.6 Å². The lowest BCUT2D eigenvalue weighted by Crippen LogP contribution is -2.38. The van der Waals surface area contributed by atoms with Gasteiger partial charge in [-0.2, -0.15) is 0 Å². The number of aromatic nitrogens is 1. The van der Waals surface area contributed by atoms with E-state index in [0.717, 1.165) is 22.0 Å². The predicted octanol–water partition coefficient (Wildman–Crippen LogP) is 4.50. The number of nitrogens with zero attached hydrogens (tertiary/aromatic N) is 2. The van der Waals surface area contributed by atoms with Gasteiger partial charge in [0, 0.05) is 18.1 Å². The first-order valence-electron chi connectivity index (χ1n) is 7.68. The molecule has 1 atom stereocenters. The van der Waals surface area contributed by atoms with Crippen molar-refractivity contribution in [2.45, 2.75) is 39.3 Å². The standard InChI is InChI=1S/C17H23ClN4O.HI/c1-11(2)16-9-13(23-22-16)10-20-17(19-4)21-12(3)14-7-5-6-8-15(14)18;/h5-9,11-12H,10H2,1-4H3,(H2,19,20,21);1H. The van der Waals surface area contributed by atoms with Crippen LogP contribution in [0.3, 0.4) is 0 Å². The monoisotopic (exact) mass is 462 g/mol. The second-order valence-electron chi connectivity index (χ2n) is 5.69. The first-order chi connectivity index (χ1) is 11.0. The molecule has 0 bridgehead atoms. The second-order valence-corrected chi connectivity index (χ2v) is 6.09. The molecular formula is C17H24ClIN4O. The van der Waals surface area contributed by atoms with E-state index >= 15 is 0 Å². The quantitative estimate of drug-likeness (QED) is 0.390. The molecule has 0 aliphatic rings. The first kappa shape index (κ1) is 20.8. The van der Waals surface area contributed by atoms with Crippen molar-refractivity contribution in [3.8, 4) is 0 Å². The Morgan fingerprint density at radius 2 is 2.00 bits per heavy atom. The molecule has 7 heteroatoms. The van der Waals surface area contributed by atoms with Gasteiger partial charge in [0.05, 0.1) is 18.3 Å². The van der Waals surface area contributed by atoms with Gasteiger partial charge in [-0.15, -0.1) is 24.0 Å². The van der Waals surface area contributed by atoms with Gasteiger partial charge in [-0.3, -0.25) is 4.99 Å².